The molecule has 0 fully saturated rings. The van der Waals surface area contributed by atoms with Crippen LogP contribution in [0.3, 0.4) is 0 Å². The van der Waals surface area contributed by atoms with Crippen molar-refractivity contribution in [2.45, 2.75) is 39.2 Å². The fourth-order valence-corrected chi connectivity index (χ4v) is 1.79. The van der Waals surface area contributed by atoms with Crippen molar-refractivity contribution < 1.29 is 0 Å². The van der Waals surface area contributed by atoms with Crippen LogP contribution < -0.4 is 10.6 Å². The van der Waals surface area contributed by atoms with Crippen LogP contribution >= 0.6 is 0 Å². The summed E-state index contributed by atoms with van der Waals surface area (Å²) in [6.07, 6.45) is 3.61. The highest BCUT2D eigenvalue weighted by molar-refractivity contribution is 5.14. The Labute approximate surface area is 106 Å². The normalized spacial score (nSPS) is 11.0. The average molecular weight is 234 g/mol. The van der Waals surface area contributed by atoms with Crippen LogP contribution in [-0.4, -0.2) is 25.7 Å². The Kier molecular flexibility index (Phi) is 7.69. The van der Waals surface area contributed by atoms with Gasteiger partial charge in [0, 0.05) is 6.04 Å². The second-order valence-corrected chi connectivity index (χ2v) is 4.80. The average Bonchev–Trinajstić information content (AvgIpc) is 2.33. The molecule has 2 N–H and O–H groups in total. The molecule has 0 heterocycles. The summed E-state index contributed by atoms with van der Waals surface area (Å²) in [5.41, 5.74) is 1.44. The number of benzene rings is 1. The molecule has 17 heavy (non-hydrogen) atoms. The standard InChI is InChI=1S/C15H26N2/c1-14(2)17-13-7-12-16-11-6-10-15-8-4-3-5-9-15/h3-5,8-9,14,16-17H,6-7,10-13H2,1-2H3. The zero-order valence-electron chi connectivity index (χ0n) is 11.2. The smallest absolute Gasteiger partial charge is 0.00103 e. The lowest BCUT2D eigenvalue weighted by Gasteiger charge is -2.08. The molecule has 0 saturated carbocycles. The van der Waals surface area contributed by atoms with Crippen LogP contribution in [0.4, 0.5) is 0 Å². The van der Waals surface area contributed by atoms with Crippen LogP contribution in [0.1, 0.15) is 32.3 Å². The Balaban J connectivity index is 1.88. The Morgan fingerprint density at radius 3 is 2.35 bits per heavy atom. The third kappa shape index (κ3) is 7.94. The molecule has 1 rings (SSSR count). The van der Waals surface area contributed by atoms with Crippen molar-refractivity contribution in [1.82, 2.24) is 10.6 Å². The van der Waals surface area contributed by atoms with Crippen LogP contribution in [0.5, 0.6) is 0 Å². The highest BCUT2D eigenvalue weighted by Gasteiger charge is 1.93. The lowest BCUT2D eigenvalue weighted by molar-refractivity contribution is 0.544. The molecular formula is C15H26N2. The van der Waals surface area contributed by atoms with Gasteiger partial charge in [-0.05, 0) is 44.5 Å². The van der Waals surface area contributed by atoms with Crippen molar-refractivity contribution >= 4 is 0 Å². The molecule has 0 bridgehead atoms. The Morgan fingerprint density at radius 2 is 1.65 bits per heavy atom. The van der Waals surface area contributed by atoms with Gasteiger partial charge < -0.3 is 10.6 Å². The van der Waals surface area contributed by atoms with Gasteiger partial charge >= 0.3 is 0 Å². The summed E-state index contributed by atoms with van der Waals surface area (Å²) in [6, 6.07) is 11.3. The second-order valence-electron chi connectivity index (χ2n) is 4.80. The van der Waals surface area contributed by atoms with E-state index in [2.05, 4.69) is 54.8 Å². The van der Waals surface area contributed by atoms with E-state index < -0.39 is 0 Å². The van der Waals surface area contributed by atoms with Crippen LogP contribution in [0.2, 0.25) is 0 Å². The molecule has 2 heteroatoms. The maximum absolute atomic E-state index is 3.49. The van der Waals surface area contributed by atoms with Crippen molar-refractivity contribution in [1.29, 1.82) is 0 Å². The van der Waals surface area contributed by atoms with Gasteiger partial charge in [-0.1, -0.05) is 44.2 Å². The molecule has 0 unspecified atom stereocenters. The highest BCUT2D eigenvalue weighted by atomic mass is 14.9. The predicted molar refractivity (Wildman–Crippen MR) is 75.4 cm³/mol. The molecule has 0 atom stereocenters. The Bertz CT molecular complexity index is 270. The lowest BCUT2D eigenvalue weighted by atomic mass is 10.1. The summed E-state index contributed by atoms with van der Waals surface area (Å²) in [5.74, 6) is 0. The molecule has 0 aliphatic carbocycles. The molecule has 2 nitrogen and oxygen atoms in total. The minimum atomic E-state index is 0.605. The molecular weight excluding hydrogens is 208 g/mol. The van der Waals surface area contributed by atoms with E-state index >= 15 is 0 Å². The molecule has 0 aliphatic heterocycles. The molecule has 96 valence electrons. The zero-order valence-corrected chi connectivity index (χ0v) is 11.2. The van der Waals surface area contributed by atoms with E-state index in [1.54, 1.807) is 0 Å². The van der Waals surface area contributed by atoms with E-state index in [4.69, 9.17) is 0 Å². The molecule has 0 saturated heterocycles. The zero-order chi connectivity index (χ0) is 12.3. The molecule has 0 radical (unpaired) electrons. The lowest BCUT2D eigenvalue weighted by Crippen LogP contribution is -2.27. The van der Waals surface area contributed by atoms with Gasteiger partial charge in [0.1, 0.15) is 0 Å². The predicted octanol–water partition coefficient (Wildman–Crippen LogP) is 2.60. The largest absolute Gasteiger partial charge is 0.317 e. The van der Waals surface area contributed by atoms with Crippen LogP contribution in [0.25, 0.3) is 0 Å². The molecule has 1 aromatic rings. The van der Waals surface area contributed by atoms with Crippen LogP contribution in [0.15, 0.2) is 30.3 Å². The summed E-state index contributed by atoms with van der Waals surface area (Å²) in [7, 11) is 0. The fraction of sp³-hybridized carbons (Fsp3) is 0.600. The van der Waals surface area contributed by atoms with Crippen molar-refractivity contribution in [3.63, 3.8) is 0 Å². The Hall–Kier alpha value is -0.860. The fourth-order valence-electron chi connectivity index (χ4n) is 1.79. The number of hydrogen-bond donors (Lipinski definition) is 2. The molecule has 0 aliphatic rings. The second kappa shape index (κ2) is 9.20. The first-order valence-corrected chi connectivity index (χ1v) is 6.77. The molecule has 0 spiro atoms. The van der Waals surface area contributed by atoms with Gasteiger partial charge in [0.25, 0.3) is 0 Å². The van der Waals surface area contributed by atoms with Gasteiger partial charge in [0.15, 0.2) is 0 Å². The van der Waals surface area contributed by atoms with Crippen molar-refractivity contribution in [2.24, 2.45) is 0 Å². The number of aryl methyl sites for hydroxylation is 1. The third-order valence-electron chi connectivity index (χ3n) is 2.74. The van der Waals surface area contributed by atoms with Gasteiger partial charge in [0.05, 0.1) is 0 Å². The van der Waals surface area contributed by atoms with E-state index in [0.717, 1.165) is 19.6 Å². The molecule has 0 amide bonds. The van der Waals surface area contributed by atoms with Gasteiger partial charge in [-0.15, -0.1) is 0 Å². The van der Waals surface area contributed by atoms with Crippen molar-refractivity contribution in [2.75, 3.05) is 19.6 Å². The number of hydrogen-bond acceptors (Lipinski definition) is 2. The van der Waals surface area contributed by atoms with Gasteiger partial charge in [-0.2, -0.15) is 0 Å². The maximum atomic E-state index is 3.49. The minimum Gasteiger partial charge on any atom is -0.317 e. The van der Waals surface area contributed by atoms with Crippen molar-refractivity contribution in [3.8, 4) is 0 Å². The summed E-state index contributed by atoms with van der Waals surface area (Å²) >= 11 is 0. The monoisotopic (exact) mass is 234 g/mol. The summed E-state index contributed by atoms with van der Waals surface area (Å²) in [4.78, 5) is 0. The highest BCUT2D eigenvalue weighted by Crippen LogP contribution is 2.01. The van der Waals surface area contributed by atoms with Crippen LogP contribution in [0, 0.1) is 0 Å². The number of nitrogens with one attached hydrogen (secondary N) is 2. The third-order valence-corrected chi connectivity index (χ3v) is 2.74. The first-order chi connectivity index (χ1) is 8.29. The van der Waals surface area contributed by atoms with Gasteiger partial charge in [0.2, 0.25) is 0 Å². The SMILES string of the molecule is CC(C)NCCCNCCCc1ccccc1. The first kappa shape index (κ1) is 14.2. The molecule has 1 aromatic carbocycles. The maximum Gasteiger partial charge on any atom is 0.00103 e. The summed E-state index contributed by atoms with van der Waals surface area (Å²) < 4.78 is 0. The van der Waals surface area contributed by atoms with Gasteiger partial charge in [-0.25, -0.2) is 0 Å². The van der Waals surface area contributed by atoms with E-state index in [1.165, 1.54) is 24.8 Å². The number of rotatable bonds is 9. The minimum absolute atomic E-state index is 0.605. The quantitative estimate of drug-likeness (QED) is 0.642. The van der Waals surface area contributed by atoms with E-state index in [-0.39, 0.29) is 0 Å². The van der Waals surface area contributed by atoms with Crippen molar-refractivity contribution in [3.05, 3.63) is 35.9 Å². The van der Waals surface area contributed by atoms with Gasteiger partial charge in [-0.3, -0.25) is 0 Å². The van der Waals surface area contributed by atoms with E-state index in [9.17, 15) is 0 Å². The first-order valence-electron chi connectivity index (χ1n) is 6.77. The molecule has 0 aromatic heterocycles. The van der Waals surface area contributed by atoms with E-state index in [0.29, 0.717) is 6.04 Å². The van der Waals surface area contributed by atoms with Crippen LogP contribution in [-0.2, 0) is 6.42 Å². The van der Waals surface area contributed by atoms with E-state index in [1.807, 2.05) is 0 Å². The summed E-state index contributed by atoms with van der Waals surface area (Å²) in [6.45, 7) is 7.73. The summed E-state index contributed by atoms with van der Waals surface area (Å²) in [5, 5.41) is 6.91. The Morgan fingerprint density at radius 1 is 0.941 bits per heavy atom. The topological polar surface area (TPSA) is 24.1 Å².